The fourth-order valence-electron chi connectivity index (χ4n) is 2.19. The van der Waals surface area contributed by atoms with Crippen LogP contribution in [0.5, 0.6) is 0 Å². The second kappa shape index (κ2) is 6.95. The highest BCUT2D eigenvalue weighted by atomic mass is 32.2. The van der Waals surface area contributed by atoms with Gasteiger partial charge in [-0.1, -0.05) is 17.3 Å². The van der Waals surface area contributed by atoms with Crippen LogP contribution in [0.4, 0.5) is 5.69 Å². The van der Waals surface area contributed by atoms with Gasteiger partial charge < -0.3 is 9.84 Å². The molecule has 132 valence electrons. The number of hydrogen-bond acceptors (Lipinski definition) is 7. The minimum absolute atomic E-state index is 0.271. The van der Waals surface area contributed by atoms with E-state index in [0.717, 1.165) is 4.88 Å². The second-order valence-electron chi connectivity index (χ2n) is 5.61. The lowest BCUT2D eigenvalue weighted by atomic mass is 10.2. The largest absolute Gasteiger partial charge is 0.376 e. The van der Waals surface area contributed by atoms with E-state index in [1.807, 2.05) is 23.6 Å². The molecule has 0 unspecified atom stereocenters. The van der Waals surface area contributed by atoms with Crippen molar-refractivity contribution in [1.82, 2.24) is 14.4 Å². The lowest BCUT2D eigenvalue weighted by Gasteiger charge is -2.15. The summed E-state index contributed by atoms with van der Waals surface area (Å²) in [5.41, 5.74) is 1.36. The van der Waals surface area contributed by atoms with Crippen LogP contribution < -0.4 is 5.32 Å². The summed E-state index contributed by atoms with van der Waals surface area (Å²) < 4.78 is 31.2. The molecule has 25 heavy (non-hydrogen) atoms. The van der Waals surface area contributed by atoms with Crippen LogP contribution in [-0.2, 0) is 16.6 Å². The van der Waals surface area contributed by atoms with Crippen LogP contribution in [0.2, 0.25) is 0 Å². The molecular formula is C16H18N4O3S2. The Morgan fingerprint density at radius 3 is 2.76 bits per heavy atom. The van der Waals surface area contributed by atoms with Gasteiger partial charge in [-0.3, -0.25) is 0 Å². The zero-order chi connectivity index (χ0) is 18.0. The van der Waals surface area contributed by atoms with Gasteiger partial charge in [-0.25, -0.2) is 12.7 Å². The zero-order valence-electron chi connectivity index (χ0n) is 14.1. The van der Waals surface area contributed by atoms with E-state index in [9.17, 15) is 8.42 Å². The monoisotopic (exact) mass is 378 g/mol. The molecule has 3 aromatic rings. The summed E-state index contributed by atoms with van der Waals surface area (Å²) in [7, 11) is -0.469. The maximum absolute atomic E-state index is 12.4. The van der Waals surface area contributed by atoms with Gasteiger partial charge in [-0.15, -0.1) is 11.3 Å². The van der Waals surface area contributed by atoms with Gasteiger partial charge >= 0.3 is 0 Å². The minimum Gasteiger partial charge on any atom is -0.376 e. The number of hydrogen-bond donors (Lipinski definition) is 1. The second-order valence-corrected chi connectivity index (χ2v) is 8.68. The number of nitrogens with zero attached hydrogens (tertiary/aromatic N) is 3. The van der Waals surface area contributed by atoms with E-state index in [2.05, 4.69) is 15.5 Å². The first kappa shape index (κ1) is 17.6. The van der Waals surface area contributed by atoms with Crippen LogP contribution in [0.15, 0.2) is 45.1 Å². The van der Waals surface area contributed by atoms with E-state index in [-0.39, 0.29) is 4.90 Å². The molecule has 1 N–H and O–H groups in total. The first-order valence-corrected chi connectivity index (χ1v) is 9.83. The van der Waals surface area contributed by atoms with Gasteiger partial charge in [-0.2, -0.15) is 4.98 Å². The number of rotatable bonds is 6. The van der Waals surface area contributed by atoms with E-state index >= 15 is 0 Å². The number of thiophene rings is 1. The highest BCUT2D eigenvalue weighted by Crippen LogP contribution is 2.24. The van der Waals surface area contributed by atoms with Gasteiger partial charge in [0.15, 0.2) is 0 Å². The molecule has 3 rings (SSSR count). The van der Waals surface area contributed by atoms with Crippen molar-refractivity contribution in [3.63, 3.8) is 0 Å². The Morgan fingerprint density at radius 2 is 2.08 bits per heavy atom. The molecule has 0 saturated heterocycles. The predicted molar refractivity (Wildman–Crippen MR) is 97.0 cm³/mol. The van der Waals surface area contributed by atoms with Crippen molar-refractivity contribution in [2.75, 3.05) is 19.4 Å². The quantitative estimate of drug-likeness (QED) is 0.709. The SMILES string of the molecule is Cc1ccc(NCc2nc(-c3cccs3)no2)cc1S(=O)(=O)N(C)C. The fraction of sp³-hybridized carbons (Fsp3) is 0.250. The van der Waals surface area contributed by atoms with Crippen molar-refractivity contribution in [2.24, 2.45) is 0 Å². The van der Waals surface area contributed by atoms with Crippen molar-refractivity contribution >= 4 is 27.0 Å². The minimum atomic E-state index is -3.50. The van der Waals surface area contributed by atoms with Crippen molar-refractivity contribution in [3.05, 3.63) is 47.2 Å². The third-order valence-corrected chi connectivity index (χ3v) is 6.42. The van der Waals surface area contributed by atoms with Crippen LogP contribution in [0.1, 0.15) is 11.5 Å². The van der Waals surface area contributed by atoms with Gasteiger partial charge in [-0.05, 0) is 36.1 Å². The molecule has 0 aliphatic heterocycles. The molecule has 0 amide bonds. The number of aromatic nitrogens is 2. The molecule has 2 heterocycles. The molecule has 2 aromatic heterocycles. The summed E-state index contributed by atoms with van der Waals surface area (Å²) in [6.45, 7) is 2.08. The number of anilines is 1. The van der Waals surface area contributed by atoms with Gasteiger partial charge in [0.1, 0.15) is 0 Å². The zero-order valence-corrected chi connectivity index (χ0v) is 15.7. The molecule has 0 aliphatic rings. The summed E-state index contributed by atoms with van der Waals surface area (Å²) in [5.74, 6) is 0.979. The molecule has 0 saturated carbocycles. The van der Waals surface area contributed by atoms with Gasteiger partial charge in [0.05, 0.1) is 16.3 Å². The molecule has 0 bridgehead atoms. The summed E-state index contributed by atoms with van der Waals surface area (Å²) in [6, 6.07) is 9.05. The summed E-state index contributed by atoms with van der Waals surface area (Å²) >= 11 is 1.54. The summed E-state index contributed by atoms with van der Waals surface area (Å²) in [5, 5.41) is 9.02. The topological polar surface area (TPSA) is 88.3 Å². The molecule has 0 atom stereocenters. The molecule has 7 nitrogen and oxygen atoms in total. The third-order valence-electron chi connectivity index (χ3n) is 3.60. The Hall–Kier alpha value is -2.23. The molecule has 0 aliphatic carbocycles. The van der Waals surface area contributed by atoms with Gasteiger partial charge in [0.2, 0.25) is 21.7 Å². The van der Waals surface area contributed by atoms with E-state index in [1.54, 1.807) is 19.1 Å². The normalized spacial score (nSPS) is 11.8. The first-order valence-electron chi connectivity index (χ1n) is 7.51. The predicted octanol–water partition coefficient (Wildman–Crippen LogP) is 2.97. The third kappa shape index (κ3) is 3.73. The van der Waals surface area contributed by atoms with Crippen molar-refractivity contribution in [1.29, 1.82) is 0 Å². The average molecular weight is 378 g/mol. The maximum Gasteiger partial charge on any atom is 0.246 e. The van der Waals surface area contributed by atoms with E-state index in [0.29, 0.717) is 29.5 Å². The van der Waals surface area contributed by atoms with Crippen LogP contribution in [0.3, 0.4) is 0 Å². The van der Waals surface area contributed by atoms with E-state index in [4.69, 9.17) is 4.52 Å². The highest BCUT2D eigenvalue weighted by Gasteiger charge is 2.20. The smallest absolute Gasteiger partial charge is 0.246 e. The lowest BCUT2D eigenvalue weighted by Crippen LogP contribution is -2.23. The fourth-order valence-corrected chi connectivity index (χ4v) is 3.99. The number of sulfonamides is 1. The van der Waals surface area contributed by atoms with Crippen LogP contribution in [0, 0.1) is 6.92 Å². The Kier molecular flexibility index (Phi) is 4.89. The molecular weight excluding hydrogens is 360 g/mol. The number of aryl methyl sites for hydroxylation is 1. The standard InChI is InChI=1S/C16H18N4O3S2/c1-11-6-7-12(9-14(11)25(21,22)20(2)3)17-10-15-18-16(19-23-15)13-5-4-8-24-13/h4-9,17H,10H2,1-3H3. The Balaban J connectivity index is 1.76. The van der Waals surface area contributed by atoms with Gasteiger partial charge in [0.25, 0.3) is 0 Å². The van der Waals surface area contributed by atoms with E-state index < -0.39 is 10.0 Å². The van der Waals surface area contributed by atoms with Gasteiger partial charge in [0, 0.05) is 19.8 Å². The van der Waals surface area contributed by atoms with Crippen molar-refractivity contribution < 1.29 is 12.9 Å². The van der Waals surface area contributed by atoms with Crippen molar-refractivity contribution in [3.8, 4) is 10.7 Å². The lowest BCUT2D eigenvalue weighted by molar-refractivity contribution is 0.384. The maximum atomic E-state index is 12.4. The molecule has 1 aromatic carbocycles. The Bertz CT molecular complexity index is 963. The Labute approximate surface area is 150 Å². The summed E-state index contributed by atoms with van der Waals surface area (Å²) in [6.07, 6.45) is 0. The number of benzene rings is 1. The molecule has 9 heteroatoms. The van der Waals surface area contributed by atoms with Crippen molar-refractivity contribution in [2.45, 2.75) is 18.4 Å². The average Bonchev–Trinajstić information content (AvgIpc) is 3.25. The Morgan fingerprint density at radius 1 is 1.28 bits per heavy atom. The summed E-state index contributed by atoms with van der Waals surface area (Å²) in [4.78, 5) is 5.53. The van der Waals surface area contributed by atoms with Crippen LogP contribution in [0.25, 0.3) is 10.7 Å². The van der Waals surface area contributed by atoms with Crippen LogP contribution in [-0.4, -0.2) is 37.0 Å². The molecule has 0 fully saturated rings. The van der Waals surface area contributed by atoms with Crippen LogP contribution >= 0.6 is 11.3 Å². The molecule has 0 spiro atoms. The van der Waals surface area contributed by atoms with E-state index in [1.165, 1.54) is 29.7 Å². The highest BCUT2D eigenvalue weighted by molar-refractivity contribution is 7.89. The molecule has 0 radical (unpaired) electrons. The first-order chi connectivity index (χ1) is 11.9. The number of nitrogens with one attached hydrogen (secondary N) is 1.